The SMILES string of the molecule is Cc1ccc(C(=O)NCC(C)(C)CN)cc1O. The number of hydrogen-bond donors (Lipinski definition) is 3. The van der Waals surface area contributed by atoms with Crippen LogP contribution >= 0.6 is 0 Å². The maximum atomic E-state index is 11.8. The normalized spacial score (nSPS) is 11.3. The number of rotatable bonds is 4. The van der Waals surface area contributed by atoms with Gasteiger partial charge in [-0.25, -0.2) is 0 Å². The zero-order valence-electron chi connectivity index (χ0n) is 10.6. The summed E-state index contributed by atoms with van der Waals surface area (Å²) in [5, 5.41) is 12.3. The summed E-state index contributed by atoms with van der Waals surface area (Å²) in [6.07, 6.45) is 0. The van der Waals surface area contributed by atoms with Gasteiger partial charge in [-0.1, -0.05) is 19.9 Å². The minimum Gasteiger partial charge on any atom is -0.508 e. The molecule has 0 aliphatic rings. The topological polar surface area (TPSA) is 75.4 Å². The van der Waals surface area contributed by atoms with E-state index in [1.165, 1.54) is 6.07 Å². The van der Waals surface area contributed by atoms with Crippen LogP contribution in [0.15, 0.2) is 18.2 Å². The second-order valence-electron chi connectivity index (χ2n) is 5.05. The third kappa shape index (κ3) is 3.75. The van der Waals surface area contributed by atoms with Crippen LogP contribution in [0.2, 0.25) is 0 Å². The Morgan fingerprint density at radius 2 is 2.12 bits per heavy atom. The number of amides is 1. The van der Waals surface area contributed by atoms with E-state index in [-0.39, 0.29) is 17.1 Å². The summed E-state index contributed by atoms with van der Waals surface area (Å²) in [5.74, 6) is -0.0578. The molecule has 1 aromatic rings. The van der Waals surface area contributed by atoms with Crippen molar-refractivity contribution in [2.75, 3.05) is 13.1 Å². The molecule has 1 amide bonds. The van der Waals surface area contributed by atoms with Crippen molar-refractivity contribution in [3.63, 3.8) is 0 Å². The zero-order valence-corrected chi connectivity index (χ0v) is 10.6. The molecular formula is C13H20N2O2. The van der Waals surface area contributed by atoms with Gasteiger partial charge >= 0.3 is 0 Å². The van der Waals surface area contributed by atoms with E-state index >= 15 is 0 Å². The number of phenols is 1. The maximum absolute atomic E-state index is 11.8. The number of aryl methyl sites for hydroxylation is 1. The predicted molar refractivity (Wildman–Crippen MR) is 68.0 cm³/mol. The molecule has 0 unspecified atom stereocenters. The molecule has 0 saturated carbocycles. The summed E-state index contributed by atoms with van der Waals surface area (Å²) < 4.78 is 0. The fourth-order valence-corrected chi connectivity index (χ4v) is 1.24. The molecule has 4 N–H and O–H groups in total. The van der Waals surface area contributed by atoms with E-state index in [0.717, 1.165) is 5.56 Å². The summed E-state index contributed by atoms with van der Waals surface area (Å²) in [6.45, 7) is 6.78. The first-order chi connectivity index (χ1) is 7.85. The Bertz CT molecular complexity index is 414. The van der Waals surface area contributed by atoms with Crippen molar-refractivity contribution in [2.24, 2.45) is 11.1 Å². The molecule has 0 fully saturated rings. The molecule has 1 aromatic carbocycles. The Balaban J connectivity index is 2.68. The van der Waals surface area contributed by atoms with Crippen LogP contribution in [0.5, 0.6) is 5.75 Å². The lowest BCUT2D eigenvalue weighted by Crippen LogP contribution is -2.38. The molecule has 4 nitrogen and oxygen atoms in total. The molecule has 0 spiro atoms. The molecule has 0 atom stereocenters. The van der Waals surface area contributed by atoms with E-state index in [1.54, 1.807) is 19.1 Å². The zero-order chi connectivity index (χ0) is 13.1. The monoisotopic (exact) mass is 236 g/mol. The maximum Gasteiger partial charge on any atom is 0.251 e. The lowest BCUT2D eigenvalue weighted by atomic mass is 9.94. The number of carbonyl (C=O) groups is 1. The molecule has 0 radical (unpaired) electrons. The Morgan fingerprint density at radius 3 is 2.65 bits per heavy atom. The van der Waals surface area contributed by atoms with Crippen LogP contribution in [-0.2, 0) is 0 Å². The highest BCUT2D eigenvalue weighted by molar-refractivity contribution is 5.94. The molecule has 0 bridgehead atoms. The average Bonchev–Trinajstić information content (AvgIpc) is 2.30. The molecule has 94 valence electrons. The second-order valence-corrected chi connectivity index (χ2v) is 5.05. The quantitative estimate of drug-likeness (QED) is 0.740. The summed E-state index contributed by atoms with van der Waals surface area (Å²) >= 11 is 0. The predicted octanol–water partition coefficient (Wildman–Crippen LogP) is 1.42. The smallest absolute Gasteiger partial charge is 0.251 e. The van der Waals surface area contributed by atoms with Gasteiger partial charge in [0.25, 0.3) is 5.91 Å². The van der Waals surface area contributed by atoms with Crippen LogP contribution in [-0.4, -0.2) is 24.1 Å². The number of hydrogen-bond acceptors (Lipinski definition) is 3. The molecule has 0 saturated heterocycles. The van der Waals surface area contributed by atoms with E-state index in [9.17, 15) is 9.90 Å². The Morgan fingerprint density at radius 1 is 1.47 bits per heavy atom. The van der Waals surface area contributed by atoms with Crippen LogP contribution in [0.25, 0.3) is 0 Å². The Hall–Kier alpha value is -1.55. The Kier molecular flexibility index (Phi) is 4.12. The van der Waals surface area contributed by atoms with Crippen LogP contribution in [0.3, 0.4) is 0 Å². The molecule has 0 heterocycles. The second kappa shape index (κ2) is 5.19. The van der Waals surface area contributed by atoms with Crippen LogP contribution in [0.4, 0.5) is 0 Å². The van der Waals surface area contributed by atoms with Gasteiger partial charge in [0.15, 0.2) is 0 Å². The first-order valence-electron chi connectivity index (χ1n) is 5.63. The van der Waals surface area contributed by atoms with Gasteiger partial charge in [0.1, 0.15) is 5.75 Å². The summed E-state index contributed by atoms with van der Waals surface area (Å²) in [6, 6.07) is 4.89. The van der Waals surface area contributed by atoms with Gasteiger partial charge in [-0.2, -0.15) is 0 Å². The van der Waals surface area contributed by atoms with Crippen LogP contribution in [0.1, 0.15) is 29.8 Å². The van der Waals surface area contributed by atoms with Gasteiger partial charge in [0.2, 0.25) is 0 Å². The minimum atomic E-state index is -0.193. The first-order valence-corrected chi connectivity index (χ1v) is 5.63. The fraction of sp³-hybridized carbons (Fsp3) is 0.462. The van der Waals surface area contributed by atoms with Crippen molar-refractivity contribution in [2.45, 2.75) is 20.8 Å². The molecule has 0 aliphatic carbocycles. The van der Waals surface area contributed by atoms with Gasteiger partial charge in [0.05, 0.1) is 0 Å². The molecule has 0 aliphatic heterocycles. The molecular weight excluding hydrogens is 216 g/mol. The molecule has 0 aromatic heterocycles. The molecule has 17 heavy (non-hydrogen) atoms. The van der Waals surface area contributed by atoms with E-state index in [2.05, 4.69) is 5.32 Å². The van der Waals surface area contributed by atoms with E-state index < -0.39 is 0 Å². The Labute approximate surface area is 102 Å². The summed E-state index contributed by atoms with van der Waals surface area (Å²) in [5.41, 5.74) is 6.67. The third-order valence-electron chi connectivity index (χ3n) is 2.75. The van der Waals surface area contributed by atoms with Crippen molar-refractivity contribution in [3.8, 4) is 5.75 Å². The minimum absolute atomic E-state index is 0.123. The van der Waals surface area contributed by atoms with Gasteiger partial charge in [-0.05, 0) is 36.6 Å². The summed E-state index contributed by atoms with van der Waals surface area (Å²) in [4.78, 5) is 11.8. The van der Waals surface area contributed by atoms with Crippen molar-refractivity contribution in [1.82, 2.24) is 5.32 Å². The highest BCUT2D eigenvalue weighted by atomic mass is 16.3. The largest absolute Gasteiger partial charge is 0.508 e. The fourth-order valence-electron chi connectivity index (χ4n) is 1.24. The third-order valence-corrected chi connectivity index (χ3v) is 2.75. The average molecular weight is 236 g/mol. The highest BCUT2D eigenvalue weighted by Gasteiger charge is 2.17. The molecule has 4 heteroatoms. The number of benzene rings is 1. The van der Waals surface area contributed by atoms with Crippen LogP contribution in [0, 0.1) is 12.3 Å². The van der Waals surface area contributed by atoms with Gasteiger partial charge in [-0.3, -0.25) is 4.79 Å². The number of aromatic hydroxyl groups is 1. The van der Waals surface area contributed by atoms with Crippen LogP contribution < -0.4 is 11.1 Å². The number of nitrogens with two attached hydrogens (primary N) is 1. The first kappa shape index (κ1) is 13.5. The van der Waals surface area contributed by atoms with Gasteiger partial charge < -0.3 is 16.2 Å². The van der Waals surface area contributed by atoms with Crippen molar-refractivity contribution >= 4 is 5.91 Å². The standard InChI is InChI=1S/C13H20N2O2/c1-9-4-5-10(6-11(9)16)12(17)15-8-13(2,3)7-14/h4-6,16H,7-8,14H2,1-3H3,(H,15,17). The van der Waals surface area contributed by atoms with Crippen molar-refractivity contribution < 1.29 is 9.90 Å². The van der Waals surface area contributed by atoms with E-state index in [4.69, 9.17) is 5.73 Å². The lowest BCUT2D eigenvalue weighted by Gasteiger charge is -2.22. The summed E-state index contributed by atoms with van der Waals surface area (Å²) in [7, 11) is 0. The van der Waals surface area contributed by atoms with Crippen molar-refractivity contribution in [3.05, 3.63) is 29.3 Å². The highest BCUT2D eigenvalue weighted by Crippen LogP contribution is 2.17. The van der Waals surface area contributed by atoms with Crippen molar-refractivity contribution in [1.29, 1.82) is 0 Å². The van der Waals surface area contributed by atoms with E-state index in [1.807, 2.05) is 13.8 Å². The molecule has 1 rings (SSSR count). The van der Waals surface area contributed by atoms with E-state index in [0.29, 0.717) is 18.7 Å². The van der Waals surface area contributed by atoms with Gasteiger partial charge in [-0.15, -0.1) is 0 Å². The lowest BCUT2D eigenvalue weighted by molar-refractivity contribution is 0.0937. The number of carbonyl (C=O) groups excluding carboxylic acids is 1. The number of nitrogens with one attached hydrogen (secondary N) is 1. The van der Waals surface area contributed by atoms with Gasteiger partial charge in [0, 0.05) is 12.1 Å². The number of phenolic OH excluding ortho intramolecular Hbond substituents is 1.